The van der Waals surface area contributed by atoms with Gasteiger partial charge in [-0.25, -0.2) is 13.9 Å². The number of rotatable bonds is 4. The first-order valence-electron chi connectivity index (χ1n) is 10.1. The summed E-state index contributed by atoms with van der Waals surface area (Å²) in [5.74, 6) is -1.35. The molecule has 1 atom stereocenters. The topological polar surface area (TPSA) is 99.6 Å². The first-order chi connectivity index (χ1) is 15.9. The van der Waals surface area contributed by atoms with Crippen LogP contribution >= 0.6 is 11.6 Å². The summed E-state index contributed by atoms with van der Waals surface area (Å²) in [4.78, 5) is 44.2. The fraction of sp³-hybridized carbons (Fsp3) is 0.130. The van der Waals surface area contributed by atoms with Crippen LogP contribution < -0.4 is 15.8 Å². The smallest absolute Gasteiger partial charge is 0.272 e. The second kappa shape index (κ2) is 8.18. The molecule has 1 aliphatic rings. The number of nitrogens with one attached hydrogen (secondary N) is 2. The van der Waals surface area contributed by atoms with E-state index in [1.165, 1.54) is 45.9 Å². The van der Waals surface area contributed by atoms with Gasteiger partial charge in [0.1, 0.15) is 11.4 Å². The van der Waals surface area contributed by atoms with E-state index in [1.807, 2.05) is 0 Å². The van der Waals surface area contributed by atoms with Crippen molar-refractivity contribution in [2.24, 2.45) is 0 Å². The Morgan fingerprint density at radius 1 is 1.15 bits per heavy atom. The molecule has 2 aromatic heterocycles. The number of amides is 2. The van der Waals surface area contributed by atoms with Crippen LogP contribution in [0.15, 0.2) is 65.6 Å². The number of halogens is 2. The lowest BCUT2D eigenvalue weighted by atomic mass is 10.0. The monoisotopic (exact) mass is 465 g/mol. The summed E-state index contributed by atoms with van der Waals surface area (Å²) >= 11 is 5.97. The lowest BCUT2D eigenvalue weighted by molar-refractivity contribution is -0.117. The summed E-state index contributed by atoms with van der Waals surface area (Å²) in [6.07, 6.45) is 1.55. The van der Waals surface area contributed by atoms with Crippen LogP contribution in [0.25, 0.3) is 5.65 Å². The molecule has 0 bridgehead atoms. The molecule has 0 aliphatic carbocycles. The number of hydrogen-bond donors (Lipinski definition) is 2. The predicted molar refractivity (Wildman–Crippen MR) is 121 cm³/mol. The molecule has 1 saturated heterocycles. The molecule has 5 rings (SSSR count). The molecular weight excluding hydrogens is 449 g/mol. The van der Waals surface area contributed by atoms with E-state index >= 15 is 0 Å². The van der Waals surface area contributed by atoms with Gasteiger partial charge < -0.3 is 10.2 Å². The third kappa shape index (κ3) is 3.98. The minimum atomic E-state index is -0.462. The SMILES string of the molecule is O=C(Nc1cccc(Cl)c1)c1c[nH]n2c(=O)cc([C@@H]3CC(=O)N(c4ccc(F)cc4)C3)nc12. The zero-order valence-electron chi connectivity index (χ0n) is 17.1. The van der Waals surface area contributed by atoms with Crippen molar-refractivity contribution < 1.29 is 14.0 Å². The van der Waals surface area contributed by atoms with Crippen molar-refractivity contribution >= 4 is 40.4 Å². The summed E-state index contributed by atoms with van der Waals surface area (Å²) in [6.45, 7) is 0.293. The number of fused-ring (bicyclic) bond motifs is 1. The first-order valence-corrected chi connectivity index (χ1v) is 10.5. The van der Waals surface area contributed by atoms with Crippen molar-refractivity contribution in [3.63, 3.8) is 0 Å². The molecule has 4 aromatic rings. The van der Waals surface area contributed by atoms with Crippen LogP contribution in [0.2, 0.25) is 5.02 Å². The molecule has 0 unspecified atom stereocenters. The number of aromatic nitrogens is 3. The number of H-pyrrole nitrogens is 1. The number of nitrogens with zero attached hydrogens (tertiary/aromatic N) is 3. The highest BCUT2D eigenvalue weighted by atomic mass is 35.5. The molecule has 1 aliphatic heterocycles. The number of hydrogen-bond acceptors (Lipinski definition) is 4. The molecule has 0 radical (unpaired) electrons. The molecule has 1 fully saturated rings. The predicted octanol–water partition coefficient (Wildman–Crippen LogP) is 3.59. The van der Waals surface area contributed by atoms with Gasteiger partial charge in [0.2, 0.25) is 5.91 Å². The molecule has 166 valence electrons. The molecule has 33 heavy (non-hydrogen) atoms. The Kier molecular flexibility index (Phi) is 5.18. The van der Waals surface area contributed by atoms with Gasteiger partial charge in [0, 0.05) is 47.5 Å². The van der Waals surface area contributed by atoms with E-state index in [9.17, 15) is 18.8 Å². The van der Waals surface area contributed by atoms with Crippen LogP contribution in [0.1, 0.15) is 28.4 Å². The third-order valence-corrected chi connectivity index (χ3v) is 5.76. The molecule has 2 aromatic carbocycles. The van der Waals surface area contributed by atoms with E-state index in [-0.39, 0.29) is 29.5 Å². The van der Waals surface area contributed by atoms with Gasteiger partial charge >= 0.3 is 0 Å². The fourth-order valence-corrected chi connectivity index (χ4v) is 4.11. The van der Waals surface area contributed by atoms with Crippen LogP contribution in [0.5, 0.6) is 0 Å². The van der Waals surface area contributed by atoms with E-state index in [4.69, 9.17) is 11.6 Å². The average Bonchev–Trinajstić information content (AvgIpc) is 3.38. The standard InChI is InChI=1S/C23H17ClFN5O3/c24-14-2-1-3-16(9-14)27-23(33)18-11-26-30-21(32)10-19(28-22(18)30)13-8-20(31)29(12-13)17-6-4-15(25)5-7-17/h1-7,9-11,13,26H,8,12H2,(H,27,33)/t13-/m1/s1. The molecule has 8 nitrogen and oxygen atoms in total. The van der Waals surface area contributed by atoms with Crippen molar-refractivity contribution in [3.8, 4) is 0 Å². The van der Waals surface area contributed by atoms with Crippen molar-refractivity contribution in [3.05, 3.63) is 93.2 Å². The number of anilines is 2. The highest BCUT2D eigenvalue weighted by molar-refractivity contribution is 6.31. The van der Waals surface area contributed by atoms with Crippen molar-refractivity contribution in [1.29, 1.82) is 0 Å². The summed E-state index contributed by atoms with van der Waals surface area (Å²) in [7, 11) is 0. The maximum Gasteiger partial charge on any atom is 0.272 e. The molecule has 2 amide bonds. The Morgan fingerprint density at radius 2 is 1.94 bits per heavy atom. The highest BCUT2D eigenvalue weighted by Gasteiger charge is 2.33. The van der Waals surface area contributed by atoms with Crippen LogP contribution in [0, 0.1) is 5.82 Å². The Hall–Kier alpha value is -3.98. The number of benzene rings is 2. The lowest BCUT2D eigenvalue weighted by Gasteiger charge is -2.16. The van der Waals surface area contributed by atoms with E-state index in [0.717, 1.165) is 0 Å². The van der Waals surface area contributed by atoms with Crippen molar-refractivity contribution in [1.82, 2.24) is 14.6 Å². The maximum atomic E-state index is 13.2. The Balaban J connectivity index is 1.45. The number of aromatic amines is 1. The lowest BCUT2D eigenvalue weighted by Crippen LogP contribution is -2.24. The highest BCUT2D eigenvalue weighted by Crippen LogP contribution is 2.31. The minimum absolute atomic E-state index is 0.147. The number of carbonyl (C=O) groups is 2. The Bertz CT molecular complexity index is 1450. The number of carbonyl (C=O) groups excluding carboxylic acids is 2. The second-order valence-corrected chi connectivity index (χ2v) is 8.15. The van der Waals surface area contributed by atoms with Gasteiger partial charge in [-0.15, -0.1) is 0 Å². The van der Waals surface area contributed by atoms with Crippen LogP contribution in [-0.2, 0) is 4.79 Å². The van der Waals surface area contributed by atoms with Crippen molar-refractivity contribution in [2.75, 3.05) is 16.8 Å². The Morgan fingerprint density at radius 3 is 2.70 bits per heavy atom. The zero-order valence-corrected chi connectivity index (χ0v) is 17.8. The van der Waals surface area contributed by atoms with E-state index in [2.05, 4.69) is 15.4 Å². The van der Waals surface area contributed by atoms with E-state index in [1.54, 1.807) is 24.3 Å². The van der Waals surface area contributed by atoms with Gasteiger partial charge in [0.15, 0.2) is 5.65 Å². The van der Waals surface area contributed by atoms with Crippen LogP contribution in [-0.4, -0.2) is 33.0 Å². The van der Waals surface area contributed by atoms with E-state index < -0.39 is 17.3 Å². The second-order valence-electron chi connectivity index (χ2n) is 7.71. The summed E-state index contributed by atoms with van der Waals surface area (Å²) in [6, 6.07) is 13.7. The molecule has 10 heteroatoms. The summed E-state index contributed by atoms with van der Waals surface area (Å²) in [5, 5.41) is 5.95. The van der Waals surface area contributed by atoms with Gasteiger partial charge in [0.25, 0.3) is 11.5 Å². The molecule has 3 heterocycles. The minimum Gasteiger partial charge on any atom is -0.322 e. The Labute approximate surface area is 191 Å². The zero-order chi connectivity index (χ0) is 23.1. The largest absolute Gasteiger partial charge is 0.322 e. The van der Waals surface area contributed by atoms with E-state index in [0.29, 0.717) is 28.6 Å². The van der Waals surface area contributed by atoms with Gasteiger partial charge in [-0.2, -0.15) is 0 Å². The summed E-state index contributed by atoms with van der Waals surface area (Å²) < 4.78 is 14.4. The normalized spacial score (nSPS) is 15.9. The van der Waals surface area contributed by atoms with Gasteiger partial charge in [-0.1, -0.05) is 17.7 Å². The molecule has 0 spiro atoms. The molecular formula is C23H17ClFN5O3. The maximum absolute atomic E-state index is 13.2. The quantitative estimate of drug-likeness (QED) is 0.481. The van der Waals surface area contributed by atoms with Crippen molar-refractivity contribution in [2.45, 2.75) is 12.3 Å². The molecule has 0 saturated carbocycles. The molecule has 2 N–H and O–H groups in total. The summed E-state index contributed by atoms with van der Waals surface area (Å²) in [5.41, 5.74) is 1.42. The first kappa shape index (κ1) is 20.9. The van der Waals surface area contributed by atoms with Crippen LogP contribution in [0.4, 0.5) is 15.8 Å². The van der Waals surface area contributed by atoms with Gasteiger partial charge in [-0.3, -0.25) is 19.5 Å². The van der Waals surface area contributed by atoms with Crippen LogP contribution in [0.3, 0.4) is 0 Å². The van der Waals surface area contributed by atoms with Gasteiger partial charge in [0.05, 0.1) is 5.69 Å². The fourth-order valence-electron chi connectivity index (χ4n) is 3.92. The van der Waals surface area contributed by atoms with Gasteiger partial charge in [-0.05, 0) is 42.5 Å². The third-order valence-electron chi connectivity index (χ3n) is 5.53. The average molecular weight is 466 g/mol.